The van der Waals surface area contributed by atoms with Gasteiger partial charge in [0.15, 0.2) is 0 Å². The van der Waals surface area contributed by atoms with Crippen molar-refractivity contribution in [1.82, 2.24) is 16.0 Å². The van der Waals surface area contributed by atoms with Gasteiger partial charge in [0.25, 0.3) is 0 Å². The Bertz CT molecular complexity index is 345. The maximum atomic E-state index is 12.2. The van der Waals surface area contributed by atoms with Crippen molar-refractivity contribution in [2.24, 2.45) is 5.92 Å². The van der Waals surface area contributed by atoms with Gasteiger partial charge < -0.3 is 16.0 Å². The number of rotatable bonds is 5. The summed E-state index contributed by atoms with van der Waals surface area (Å²) in [6.07, 6.45) is 6.78. The van der Waals surface area contributed by atoms with Gasteiger partial charge in [-0.1, -0.05) is 19.8 Å². The standard InChI is InChI=1S/C15H27N3O2/c1-3-8-16-14(19)10(2)17-15(20)13-9-11-6-4-5-7-12(11)18-13/h10-13,18H,3-9H2,1-2H3,(H,16,19)(H,17,20). The second-order valence-corrected chi connectivity index (χ2v) is 6.13. The first-order valence-electron chi connectivity index (χ1n) is 7.96. The Morgan fingerprint density at radius 3 is 2.75 bits per heavy atom. The second-order valence-electron chi connectivity index (χ2n) is 6.13. The highest BCUT2D eigenvalue weighted by Crippen LogP contribution is 2.33. The molecule has 1 aliphatic heterocycles. The summed E-state index contributed by atoms with van der Waals surface area (Å²) in [5.41, 5.74) is 0. The Hall–Kier alpha value is -1.10. The van der Waals surface area contributed by atoms with Crippen molar-refractivity contribution in [3.05, 3.63) is 0 Å². The highest BCUT2D eigenvalue weighted by molar-refractivity contribution is 5.89. The van der Waals surface area contributed by atoms with Crippen molar-refractivity contribution in [2.45, 2.75) is 70.5 Å². The van der Waals surface area contributed by atoms with Crippen LogP contribution in [0, 0.1) is 5.92 Å². The first kappa shape index (κ1) is 15.3. The van der Waals surface area contributed by atoms with Crippen molar-refractivity contribution in [2.75, 3.05) is 6.54 Å². The number of hydrogen-bond acceptors (Lipinski definition) is 3. The van der Waals surface area contributed by atoms with E-state index in [1.807, 2.05) is 6.92 Å². The summed E-state index contributed by atoms with van der Waals surface area (Å²) in [5, 5.41) is 9.07. The van der Waals surface area contributed by atoms with E-state index < -0.39 is 6.04 Å². The highest BCUT2D eigenvalue weighted by Gasteiger charge is 2.38. The second kappa shape index (κ2) is 7.07. The molecule has 0 bridgehead atoms. The molecule has 1 heterocycles. The third-order valence-corrected chi connectivity index (χ3v) is 4.48. The van der Waals surface area contributed by atoms with Crippen LogP contribution in [0.4, 0.5) is 0 Å². The van der Waals surface area contributed by atoms with Crippen LogP contribution >= 0.6 is 0 Å². The van der Waals surface area contributed by atoms with E-state index in [1.165, 1.54) is 25.7 Å². The summed E-state index contributed by atoms with van der Waals surface area (Å²) in [4.78, 5) is 24.0. The van der Waals surface area contributed by atoms with Gasteiger partial charge in [0.2, 0.25) is 11.8 Å². The molecule has 0 radical (unpaired) electrons. The van der Waals surface area contributed by atoms with E-state index in [9.17, 15) is 9.59 Å². The van der Waals surface area contributed by atoms with E-state index in [4.69, 9.17) is 0 Å². The molecule has 114 valence electrons. The monoisotopic (exact) mass is 281 g/mol. The number of carbonyl (C=O) groups excluding carboxylic acids is 2. The number of hydrogen-bond donors (Lipinski definition) is 3. The molecule has 3 N–H and O–H groups in total. The van der Waals surface area contributed by atoms with Crippen LogP contribution in [0.5, 0.6) is 0 Å². The summed E-state index contributed by atoms with van der Waals surface area (Å²) in [5.74, 6) is 0.512. The molecule has 2 amide bonds. The quantitative estimate of drug-likeness (QED) is 0.702. The predicted octanol–water partition coefficient (Wildman–Crippen LogP) is 0.938. The Morgan fingerprint density at radius 2 is 2.05 bits per heavy atom. The van der Waals surface area contributed by atoms with Gasteiger partial charge in [-0.3, -0.25) is 9.59 Å². The van der Waals surface area contributed by atoms with Crippen LogP contribution in [-0.4, -0.2) is 36.5 Å². The molecule has 4 atom stereocenters. The van der Waals surface area contributed by atoms with Gasteiger partial charge in [-0.25, -0.2) is 0 Å². The van der Waals surface area contributed by atoms with E-state index >= 15 is 0 Å². The van der Waals surface area contributed by atoms with Gasteiger partial charge >= 0.3 is 0 Å². The van der Waals surface area contributed by atoms with E-state index in [1.54, 1.807) is 6.92 Å². The lowest BCUT2D eigenvalue weighted by Gasteiger charge is -2.24. The fourth-order valence-corrected chi connectivity index (χ4v) is 3.30. The molecule has 2 rings (SSSR count). The smallest absolute Gasteiger partial charge is 0.242 e. The topological polar surface area (TPSA) is 70.2 Å². The summed E-state index contributed by atoms with van der Waals surface area (Å²) >= 11 is 0. The molecule has 1 saturated heterocycles. The van der Waals surface area contributed by atoms with Gasteiger partial charge in [0, 0.05) is 12.6 Å². The third-order valence-electron chi connectivity index (χ3n) is 4.48. The number of fused-ring (bicyclic) bond motifs is 1. The molecule has 1 aliphatic carbocycles. The first-order chi connectivity index (χ1) is 9.61. The molecule has 0 aromatic carbocycles. The largest absolute Gasteiger partial charge is 0.354 e. The lowest BCUT2D eigenvalue weighted by atomic mass is 9.85. The molecule has 5 heteroatoms. The summed E-state index contributed by atoms with van der Waals surface area (Å²) in [6.45, 7) is 4.41. The van der Waals surface area contributed by atoms with Crippen molar-refractivity contribution in [1.29, 1.82) is 0 Å². The summed E-state index contributed by atoms with van der Waals surface area (Å²) in [6, 6.07) is -0.0771. The summed E-state index contributed by atoms with van der Waals surface area (Å²) < 4.78 is 0. The average Bonchev–Trinajstić information content (AvgIpc) is 2.88. The van der Waals surface area contributed by atoms with Crippen LogP contribution in [0.1, 0.15) is 52.4 Å². The Labute approximate surface area is 121 Å². The van der Waals surface area contributed by atoms with Crippen LogP contribution in [0.3, 0.4) is 0 Å². The van der Waals surface area contributed by atoms with Gasteiger partial charge in [0.1, 0.15) is 6.04 Å². The van der Waals surface area contributed by atoms with Crippen LogP contribution in [0.15, 0.2) is 0 Å². The van der Waals surface area contributed by atoms with E-state index in [0.717, 1.165) is 12.8 Å². The third kappa shape index (κ3) is 3.72. The van der Waals surface area contributed by atoms with E-state index in [0.29, 0.717) is 18.5 Å². The molecule has 5 nitrogen and oxygen atoms in total. The Balaban J connectivity index is 1.78. The molecule has 2 fully saturated rings. The van der Waals surface area contributed by atoms with Crippen LogP contribution in [0.2, 0.25) is 0 Å². The molecule has 4 unspecified atom stereocenters. The average molecular weight is 281 g/mol. The Kier molecular flexibility index (Phi) is 5.40. The molecular formula is C15H27N3O2. The molecule has 20 heavy (non-hydrogen) atoms. The lowest BCUT2D eigenvalue weighted by Crippen LogP contribution is -2.50. The first-order valence-corrected chi connectivity index (χ1v) is 7.96. The maximum Gasteiger partial charge on any atom is 0.242 e. The zero-order chi connectivity index (χ0) is 14.5. The predicted molar refractivity (Wildman–Crippen MR) is 78.2 cm³/mol. The summed E-state index contributed by atoms with van der Waals surface area (Å²) in [7, 11) is 0. The minimum atomic E-state index is -0.460. The van der Waals surface area contributed by atoms with Gasteiger partial charge in [-0.05, 0) is 38.5 Å². The lowest BCUT2D eigenvalue weighted by molar-refractivity contribution is -0.129. The van der Waals surface area contributed by atoms with Crippen molar-refractivity contribution >= 4 is 11.8 Å². The molecular weight excluding hydrogens is 254 g/mol. The fourth-order valence-electron chi connectivity index (χ4n) is 3.30. The van der Waals surface area contributed by atoms with Crippen molar-refractivity contribution in [3.8, 4) is 0 Å². The maximum absolute atomic E-state index is 12.2. The molecule has 2 aliphatic rings. The van der Waals surface area contributed by atoms with Gasteiger partial charge in [-0.2, -0.15) is 0 Å². The molecule has 0 aromatic heterocycles. The zero-order valence-corrected chi connectivity index (χ0v) is 12.6. The zero-order valence-electron chi connectivity index (χ0n) is 12.6. The van der Waals surface area contributed by atoms with Gasteiger partial charge in [0.05, 0.1) is 6.04 Å². The van der Waals surface area contributed by atoms with Crippen LogP contribution in [0.25, 0.3) is 0 Å². The van der Waals surface area contributed by atoms with Gasteiger partial charge in [-0.15, -0.1) is 0 Å². The highest BCUT2D eigenvalue weighted by atomic mass is 16.2. The molecule has 1 saturated carbocycles. The van der Waals surface area contributed by atoms with Crippen LogP contribution < -0.4 is 16.0 Å². The van der Waals surface area contributed by atoms with Crippen molar-refractivity contribution in [3.63, 3.8) is 0 Å². The van der Waals surface area contributed by atoms with Crippen molar-refractivity contribution < 1.29 is 9.59 Å². The molecule has 0 spiro atoms. The fraction of sp³-hybridized carbons (Fsp3) is 0.867. The number of nitrogens with one attached hydrogen (secondary N) is 3. The minimum absolute atomic E-state index is 0.0291. The normalized spacial score (nSPS) is 30.4. The Morgan fingerprint density at radius 1 is 1.30 bits per heavy atom. The van der Waals surface area contributed by atoms with E-state index in [-0.39, 0.29) is 17.9 Å². The van der Waals surface area contributed by atoms with Crippen LogP contribution in [-0.2, 0) is 9.59 Å². The van der Waals surface area contributed by atoms with E-state index in [2.05, 4.69) is 16.0 Å². The number of amides is 2. The molecule has 0 aromatic rings. The SMILES string of the molecule is CCCNC(=O)C(C)NC(=O)C1CC2CCCCC2N1. The minimum Gasteiger partial charge on any atom is -0.354 e. The number of carbonyl (C=O) groups is 2.